The molecule has 2 rings (SSSR count). The van der Waals surface area contributed by atoms with E-state index in [4.69, 9.17) is 5.73 Å². The van der Waals surface area contributed by atoms with Crippen LogP contribution in [0.2, 0.25) is 0 Å². The van der Waals surface area contributed by atoms with Crippen LogP contribution in [0.25, 0.3) is 0 Å². The summed E-state index contributed by atoms with van der Waals surface area (Å²) < 4.78 is 27.0. The lowest BCUT2D eigenvalue weighted by molar-refractivity contribution is 0.593. The Bertz CT molecular complexity index is 712. The number of rotatable bonds is 5. The fraction of sp³-hybridized carbons (Fsp3) is 0.250. The second-order valence-corrected chi connectivity index (χ2v) is 6.75. The van der Waals surface area contributed by atoms with Crippen molar-refractivity contribution in [1.29, 1.82) is 0 Å². The van der Waals surface area contributed by atoms with Gasteiger partial charge in [-0.1, -0.05) is 37.3 Å². The molecule has 21 heavy (non-hydrogen) atoms. The maximum absolute atomic E-state index is 12.9. The predicted octanol–water partition coefficient (Wildman–Crippen LogP) is 2.53. The van der Waals surface area contributed by atoms with Crippen LogP contribution in [0, 0.1) is 0 Å². The summed E-state index contributed by atoms with van der Waals surface area (Å²) in [5.74, 6) is 0. The Kier molecular flexibility index (Phi) is 4.65. The standard InChI is InChI=1S/C16H20N2O2S/c1-3-14-10-9-13(12-17)11-16(14)21(19,20)18(2)15-7-5-4-6-8-15/h4-11H,3,12,17H2,1-2H3. The number of nitrogens with two attached hydrogens (primary N) is 1. The zero-order valence-electron chi connectivity index (χ0n) is 12.3. The van der Waals surface area contributed by atoms with Gasteiger partial charge in [0.1, 0.15) is 0 Å². The third-order valence-electron chi connectivity index (χ3n) is 3.51. The maximum atomic E-state index is 12.9. The molecule has 0 spiro atoms. The lowest BCUT2D eigenvalue weighted by Gasteiger charge is -2.21. The van der Waals surface area contributed by atoms with Crippen molar-refractivity contribution in [2.24, 2.45) is 5.73 Å². The highest BCUT2D eigenvalue weighted by atomic mass is 32.2. The molecule has 2 N–H and O–H groups in total. The lowest BCUT2D eigenvalue weighted by atomic mass is 10.1. The molecule has 0 saturated carbocycles. The zero-order valence-corrected chi connectivity index (χ0v) is 13.1. The summed E-state index contributed by atoms with van der Waals surface area (Å²) in [7, 11) is -2.02. The Morgan fingerprint density at radius 3 is 2.33 bits per heavy atom. The van der Waals surface area contributed by atoms with Crippen LogP contribution < -0.4 is 10.0 Å². The first-order valence-corrected chi connectivity index (χ1v) is 8.30. The number of benzene rings is 2. The summed E-state index contributed by atoms with van der Waals surface area (Å²) in [6.07, 6.45) is 0.655. The Labute approximate surface area is 126 Å². The summed E-state index contributed by atoms with van der Waals surface area (Å²) in [5, 5.41) is 0. The number of hydrogen-bond donors (Lipinski definition) is 1. The highest BCUT2D eigenvalue weighted by molar-refractivity contribution is 7.92. The molecule has 0 aromatic heterocycles. The molecule has 0 heterocycles. The van der Waals surface area contributed by atoms with Crippen molar-refractivity contribution in [3.8, 4) is 0 Å². The number of nitrogens with zero attached hydrogens (tertiary/aromatic N) is 1. The van der Waals surface area contributed by atoms with E-state index in [2.05, 4.69) is 0 Å². The molecule has 2 aromatic carbocycles. The van der Waals surface area contributed by atoms with E-state index in [-0.39, 0.29) is 0 Å². The number of sulfonamides is 1. The number of aryl methyl sites for hydroxylation is 1. The van der Waals surface area contributed by atoms with Gasteiger partial charge in [-0.15, -0.1) is 0 Å². The third kappa shape index (κ3) is 3.09. The van der Waals surface area contributed by atoms with E-state index in [9.17, 15) is 8.42 Å². The van der Waals surface area contributed by atoms with Gasteiger partial charge in [0.05, 0.1) is 10.6 Å². The summed E-state index contributed by atoms with van der Waals surface area (Å²) in [5.41, 5.74) is 7.88. The van der Waals surface area contributed by atoms with Gasteiger partial charge in [-0.25, -0.2) is 8.42 Å². The summed E-state index contributed by atoms with van der Waals surface area (Å²) in [6.45, 7) is 2.26. The van der Waals surface area contributed by atoms with Gasteiger partial charge < -0.3 is 5.73 Å². The number of hydrogen-bond acceptors (Lipinski definition) is 3. The molecule has 0 atom stereocenters. The van der Waals surface area contributed by atoms with Crippen molar-refractivity contribution in [1.82, 2.24) is 0 Å². The zero-order chi connectivity index (χ0) is 15.5. The third-order valence-corrected chi connectivity index (χ3v) is 5.37. The van der Waals surface area contributed by atoms with Gasteiger partial charge >= 0.3 is 0 Å². The normalized spacial score (nSPS) is 11.4. The second-order valence-electron chi connectivity index (χ2n) is 4.81. The topological polar surface area (TPSA) is 63.4 Å². The molecule has 4 nitrogen and oxygen atoms in total. The molecule has 0 radical (unpaired) electrons. The molecule has 0 aliphatic heterocycles. The first-order valence-electron chi connectivity index (χ1n) is 6.86. The van der Waals surface area contributed by atoms with Crippen molar-refractivity contribution < 1.29 is 8.42 Å². The Morgan fingerprint density at radius 1 is 1.10 bits per heavy atom. The van der Waals surface area contributed by atoms with E-state index in [1.807, 2.05) is 37.3 Å². The molecule has 0 unspecified atom stereocenters. The van der Waals surface area contributed by atoms with Crippen LogP contribution in [0.1, 0.15) is 18.1 Å². The van der Waals surface area contributed by atoms with Gasteiger partial charge in [-0.05, 0) is 35.7 Å². The van der Waals surface area contributed by atoms with Crippen molar-refractivity contribution in [2.75, 3.05) is 11.4 Å². The highest BCUT2D eigenvalue weighted by Crippen LogP contribution is 2.25. The molecule has 0 fully saturated rings. The number of para-hydroxylation sites is 1. The van der Waals surface area contributed by atoms with E-state index in [0.717, 1.165) is 11.1 Å². The fourth-order valence-electron chi connectivity index (χ4n) is 2.18. The molecule has 0 aliphatic rings. The van der Waals surface area contributed by atoms with Crippen LogP contribution in [0.5, 0.6) is 0 Å². The predicted molar refractivity (Wildman–Crippen MR) is 85.7 cm³/mol. The first kappa shape index (κ1) is 15.5. The minimum absolute atomic E-state index is 0.321. The van der Waals surface area contributed by atoms with Gasteiger partial charge in [-0.2, -0.15) is 0 Å². The summed E-state index contributed by atoms with van der Waals surface area (Å²) in [6, 6.07) is 14.4. The Hall–Kier alpha value is -1.85. The molecule has 0 saturated heterocycles. The molecule has 0 bridgehead atoms. The minimum atomic E-state index is -3.59. The van der Waals surface area contributed by atoms with Crippen LogP contribution in [0.15, 0.2) is 53.4 Å². The maximum Gasteiger partial charge on any atom is 0.264 e. The quantitative estimate of drug-likeness (QED) is 0.923. The highest BCUT2D eigenvalue weighted by Gasteiger charge is 2.24. The van der Waals surface area contributed by atoms with Crippen LogP contribution in [-0.2, 0) is 23.0 Å². The monoisotopic (exact) mass is 304 g/mol. The lowest BCUT2D eigenvalue weighted by Crippen LogP contribution is -2.27. The van der Waals surface area contributed by atoms with Gasteiger partial charge in [0.2, 0.25) is 0 Å². The summed E-state index contributed by atoms with van der Waals surface area (Å²) in [4.78, 5) is 0.333. The van der Waals surface area contributed by atoms with Gasteiger partial charge in [0, 0.05) is 13.6 Å². The molecule has 0 amide bonds. The SMILES string of the molecule is CCc1ccc(CN)cc1S(=O)(=O)N(C)c1ccccc1. The average Bonchev–Trinajstić information content (AvgIpc) is 2.54. The largest absolute Gasteiger partial charge is 0.326 e. The average molecular weight is 304 g/mol. The van der Waals surface area contributed by atoms with E-state index in [1.165, 1.54) is 4.31 Å². The van der Waals surface area contributed by atoms with Crippen LogP contribution in [-0.4, -0.2) is 15.5 Å². The minimum Gasteiger partial charge on any atom is -0.326 e. The second kappa shape index (κ2) is 6.28. The molecule has 112 valence electrons. The van der Waals surface area contributed by atoms with Crippen molar-refractivity contribution in [3.63, 3.8) is 0 Å². The number of anilines is 1. The molecular formula is C16H20N2O2S. The van der Waals surface area contributed by atoms with E-state index < -0.39 is 10.0 Å². The molecular weight excluding hydrogens is 284 g/mol. The van der Waals surface area contributed by atoms with Crippen LogP contribution in [0.4, 0.5) is 5.69 Å². The van der Waals surface area contributed by atoms with Gasteiger partial charge in [0.15, 0.2) is 0 Å². The van der Waals surface area contributed by atoms with Crippen LogP contribution >= 0.6 is 0 Å². The first-order chi connectivity index (χ1) is 10.0. The Balaban J connectivity index is 2.53. The van der Waals surface area contributed by atoms with Gasteiger partial charge in [-0.3, -0.25) is 4.31 Å². The molecule has 2 aromatic rings. The smallest absolute Gasteiger partial charge is 0.264 e. The van der Waals surface area contributed by atoms with E-state index >= 15 is 0 Å². The molecule has 5 heteroatoms. The van der Waals surface area contributed by atoms with Crippen LogP contribution in [0.3, 0.4) is 0 Å². The van der Waals surface area contributed by atoms with Crippen molar-refractivity contribution >= 4 is 15.7 Å². The fourth-order valence-corrected chi connectivity index (χ4v) is 3.72. The van der Waals surface area contributed by atoms with Crippen molar-refractivity contribution in [3.05, 3.63) is 59.7 Å². The van der Waals surface area contributed by atoms with Crippen molar-refractivity contribution in [2.45, 2.75) is 24.8 Å². The molecule has 0 aliphatic carbocycles. The van der Waals surface area contributed by atoms with Gasteiger partial charge in [0.25, 0.3) is 10.0 Å². The van der Waals surface area contributed by atoms with E-state index in [0.29, 0.717) is 23.5 Å². The Morgan fingerprint density at radius 2 is 1.76 bits per heavy atom. The summed E-state index contributed by atoms with van der Waals surface area (Å²) >= 11 is 0. The van der Waals surface area contributed by atoms with E-state index in [1.54, 1.807) is 25.2 Å².